The summed E-state index contributed by atoms with van der Waals surface area (Å²) in [4.78, 5) is 16.1. The molecule has 1 saturated heterocycles. The summed E-state index contributed by atoms with van der Waals surface area (Å²) >= 11 is 0.996. The summed E-state index contributed by atoms with van der Waals surface area (Å²) in [5.41, 5.74) is -0.507. The van der Waals surface area contributed by atoms with Gasteiger partial charge in [0.25, 0.3) is 5.56 Å². The van der Waals surface area contributed by atoms with Crippen LogP contribution in [0.1, 0.15) is 12.0 Å². The van der Waals surface area contributed by atoms with Gasteiger partial charge in [-0.2, -0.15) is 0 Å². The standard InChI is InChI=1S/C19H18F2N2O4S2/c20-14-4-6-23(9-16(14)24)17-1-2-18(28-17)29(26,27)10-12-7-13-11(8-15(12)21)3-5-22-19(13)25/h1-3,5,7-8,14,16,24H,4,6,9-10H2,(H,22,25). The third-order valence-electron chi connectivity index (χ3n) is 4.97. The third kappa shape index (κ3) is 3.92. The molecule has 0 radical (unpaired) electrons. The molecule has 2 N–H and O–H groups in total. The average Bonchev–Trinajstić information content (AvgIpc) is 3.16. The number of nitrogens with one attached hydrogen (secondary N) is 1. The second-order valence-electron chi connectivity index (χ2n) is 7.01. The molecule has 1 aromatic carbocycles. The summed E-state index contributed by atoms with van der Waals surface area (Å²) in [6.45, 7) is 0.462. The molecule has 2 aromatic heterocycles. The van der Waals surface area contributed by atoms with E-state index in [9.17, 15) is 27.1 Å². The molecule has 0 bridgehead atoms. The van der Waals surface area contributed by atoms with Crippen molar-refractivity contribution in [3.63, 3.8) is 0 Å². The molecule has 0 amide bonds. The molecule has 1 aliphatic rings. The smallest absolute Gasteiger partial charge is 0.255 e. The van der Waals surface area contributed by atoms with Gasteiger partial charge >= 0.3 is 0 Å². The lowest BCUT2D eigenvalue weighted by Gasteiger charge is -2.32. The van der Waals surface area contributed by atoms with Gasteiger partial charge in [0.1, 0.15) is 22.3 Å². The quantitative estimate of drug-likeness (QED) is 0.651. The van der Waals surface area contributed by atoms with Crippen LogP contribution in [-0.2, 0) is 15.6 Å². The number of aliphatic hydroxyl groups is 1. The van der Waals surface area contributed by atoms with Gasteiger partial charge in [-0.05, 0) is 42.1 Å². The van der Waals surface area contributed by atoms with Gasteiger partial charge in [0, 0.05) is 30.2 Å². The van der Waals surface area contributed by atoms with Crippen molar-refractivity contribution in [3.05, 3.63) is 58.3 Å². The molecule has 0 aliphatic carbocycles. The van der Waals surface area contributed by atoms with Crippen LogP contribution in [0.15, 0.2) is 45.5 Å². The fraction of sp³-hybridized carbons (Fsp3) is 0.316. The van der Waals surface area contributed by atoms with Crippen molar-refractivity contribution in [2.75, 3.05) is 18.0 Å². The molecule has 10 heteroatoms. The number of hydrogen-bond donors (Lipinski definition) is 2. The van der Waals surface area contributed by atoms with Gasteiger partial charge in [-0.15, -0.1) is 11.3 Å². The first-order valence-corrected chi connectivity index (χ1v) is 11.4. The largest absolute Gasteiger partial charge is 0.388 e. The van der Waals surface area contributed by atoms with Gasteiger partial charge in [-0.25, -0.2) is 17.2 Å². The van der Waals surface area contributed by atoms with E-state index >= 15 is 0 Å². The van der Waals surface area contributed by atoms with E-state index in [1.165, 1.54) is 18.3 Å². The third-order valence-corrected chi connectivity index (χ3v) is 8.36. The van der Waals surface area contributed by atoms with Crippen LogP contribution in [0.5, 0.6) is 0 Å². The maximum Gasteiger partial charge on any atom is 0.255 e. The number of anilines is 1. The monoisotopic (exact) mass is 440 g/mol. The molecule has 4 rings (SSSR count). The number of sulfone groups is 1. The number of halogens is 2. The molecule has 3 aromatic rings. The fourth-order valence-electron chi connectivity index (χ4n) is 3.39. The predicted molar refractivity (Wildman–Crippen MR) is 107 cm³/mol. The predicted octanol–water partition coefficient (Wildman–Crippen LogP) is 2.61. The number of aromatic amines is 1. The highest BCUT2D eigenvalue weighted by Gasteiger charge is 2.29. The number of thiophene rings is 1. The lowest BCUT2D eigenvalue weighted by atomic mass is 10.1. The number of piperidine rings is 1. The maximum atomic E-state index is 14.4. The zero-order chi connectivity index (χ0) is 20.8. The number of rotatable bonds is 4. The normalized spacial score (nSPS) is 20.3. The van der Waals surface area contributed by atoms with Crippen LogP contribution in [0, 0.1) is 5.82 Å². The van der Waals surface area contributed by atoms with Gasteiger partial charge in [-0.3, -0.25) is 4.79 Å². The van der Waals surface area contributed by atoms with Crippen LogP contribution in [0.2, 0.25) is 0 Å². The Kier molecular flexibility index (Phi) is 5.18. The van der Waals surface area contributed by atoms with Crippen molar-refractivity contribution < 1.29 is 22.3 Å². The molecule has 29 heavy (non-hydrogen) atoms. The fourth-order valence-corrected chi connectivity index (χ4v) is 6.15. The Bertz CT molecular complexity index is 1220. The van der Waals surface area contributed by atoms with Crippen LogP contribution in [0.4, 0.5) is 13.8 Å². The number of aromatic nitrogens is 1. The lowest BCUT2D eigenvalue weighted by Crippen LogP contribution is -2.44. The van der Waals surface area contributed by atoms with Gasteiger partial charge in [-0.1, -0.05) is 0 Å². The molecule has 1 aliphatic heterocycles. The number of H-pyrrole nitrogens is 1. The summed E-state index contributed by atoms with van der Waals surface area (Å²) < 4.78 is 53.6. The van der Waals surface area contributed by atoms with Crippen LogP contribution in [0.25, 0.3) is 10.8 Å². The lowest BCUT2D eigenvalue weighted by molar-refractivity contribution is 0.0647. The summed E-state index contributed by atoms with van der Waals surface area (Å²) in [6, 6.07) is 6.98. The Labute approximate surface area is 169 Å². The van der Waals surface area contributed by atoms with Crippen LogP contribution in [-0.4, -0.2) is 43.9 Å². The second-order valence-corrected chi connectivity index (χ2v) is 10.3. The molecule has 0 spiro atoms. The summed E-state index contributed by atoms with van der Waals surface area (Å²) in [5.74, 6) is -1.28. The second kappa shape index (κ2) is 7.51. The van der Waals surface area contributed by atoms with E-state index in [1.807, 2.05) is 0 Å². The number of β-amino-alcohol motifs (C(OH)–C–C–N with tert-alkyl or cyclic N) is 1. The first-order valence-electron chi connectivity index (χ1n) is 8.94. The Morgan fingerprint density at radius 2 is 2.07 bits per heavy atom. The zero-order valence-electron chi connectivity index (χ0n) is 15.1. The zero-order valence-corrected chi connectivity index (χ0v) is 16.8. The van der Waals surface area contributed by atoms with E-state index in [1.54, 1.807) is 17.0 Å². The summed E-state index contributed by atoms with van der Waals surface area (Å²) in [7, 11) is -3.86. The highest BCUT2D eigenvalue weighted by Crippen LogP contribution is 2.33. The van der Waals surface area contributed by atoms with Crippen molar-refractivity contribution >= 4 is 36.9 Å². The number of aliphatic hydroxyl groups excluding tert-OH is 1. The molecule has 1 fully saturated rings. The Hall–Kier alpha value is -2.30. The molecule has 2 unspecified atom stereocenters. The maximum absolute atomic E-state index is 14.4. The number of alkyl halides is 1. The summed E-state index contributed by atoms with van der Waals surface area (Å²) in [5, 5.41) is 10.9. The molecular formula is C19H18F2N2O4S2. The van der Waals surface area contributed by atoms with Crippen molar-refractivity contribution in [2.45, 2.75) is 28.7 Å². The van der Waals surface area contributed by atoms with Crippen LogP contribution < -0.4 is 10.5 Å². The molecule has 6 nitrogen and oxygen atoms in total. The number of pyridine rings is 1. The molecular weight excluding hydrogens is 422 g/mol. The summed E-state index contributed by atoms with van der Waals surface area (Å²) in [6.07, 6.45) is -0.835. The SMILES string of the molecule is O=c1[nH]ccc2cc(F)c(CS(=O)(=O)c3ccc(N4CCC(F)C(O)C4)s3)cc12. The van der Waals surface area contributed by atoms with Gasteiger partial charge in [0.05, 0.1) is 10.8 Å². The van der Waals surface area contributed by atoms with E-state index < -0.39 is 39.2 Å². The molecule has 3 heterocycles. The first-order chi connectivity index (χ1) is 13.7. The van der Waals surface area contributed by atoms with Crippen LogP contribution in [0.3, 0.4) is 0 Å². The Morgan fingerprint density at radius 1 is 1.28 bits per heavy atom. The van der Waals surface area contributed by atoms with Gasteiger partial charge in [0.15, 0.2) is 9.84 Å². The van der Waals surface area contributed by atoms with E-state index in [2.05, 4.69) is 4.98 Å². The van der Waals surface area contributed by atoms with E-state index in [0.29, 0.717) is 16.9 Å². The number of nitrogens with zero attached hydrogens (tertiary/aromatic N) is 1. The minimum Gasteiger partial charge on any atom is -0.388 e. The van der Waals surface area contributed by atoms with Crippen molar-refractivity contribution in [3.8, 4) is 0 Å². The molecule has 0 saturated carbocycles. The number of hydrogen-bond acceptors (Lipinski definition) is 6. The minimum absolute atomic E-state index is 0.0471. The first kappa shape index (κ1) is 20.0. The highest BCUT2D eigenvalue weighted by atomic mass is 32.2. The molecule has 154 valence electrons. The highest BCUT2D eigenvalue weighted by molar-refractivity contribution is 7.92. The molecule has 2 atom stereocenters. The van der Waals surface area contributed by atoms with Crippen molar-refractivity contribution in [2.24, 2.45) is 0 Å². The van der Waals surface area contributed by atoms with E-state index in [0.717, 1.165) is 17.4 Å². The van der Waals surface area contributed by atoms with Crippen molar-refractivity contribution in [1.82, 2.24) is 4.98 Å². The topological polar surface area (TPSA) is 90.5 Å². The average molecular weight is 440 g/mol. The Morgan fingerprint density at radius 3 is 2.83 bits per heavy atom. The number of benzene rings is 1. The van der Waals surface area contributed by atoms with E-state index in [4.69, 9.17) is 0 Å². The van der Waals surface area contributed by atoms with Gasteiger partial charge < -0.3 is 15.0 Å². The van der Waals surface area contributed by atoms with Crippen LogP contribution >= 0.6 is 11.3 Å². The minimum atomic E-state index is -3.86. The Balaban J connectivity index is 1.61. The van der Waals surface area contributed by atoms with Crippen molar-refractivity contribution in [1.29, 1.82) is 0 Å². The number of fused-ring (bicyclic) bond motifs is 1. The van der Waals surface area contributed by atoms with E-state index in [-0.39, 0.29) is 28.1 Å². The van der Waals surface area contributed by atoms with Gasteiger partial charge in [0.2, 0.25) is 0 Å².